The molecule has 1 aromatic carbocycles. The van der Waals surface area contributed by atoms with Crippen molar-refractivity contribution in [3.8, 4) is 0 Å². The second-order valence-corrected chi connectivity index (χ2v) is 7.38. The normalized spacial score (nSPS) is 13.9. The lowest BCUT2D eigenvalue weighted by molar-refractivity contribution is 0.0736. The number of hydrogen-bond acceptors (Lipinski definition) is 6. The zero-order valence-electron chi connectivity index (χ0n) is 17.3. The predicted octanol–water partition coefficient (Wildman–Crippen LogP) is 3.47. The maximum Gasteiger partial charge on any atom is 0.259 e. The van der Waals surface area contributed by atoms with E-state index < -0.39 is 23.1 Å². The first-order valence-corrected chi connectivity index (χ1v) is 9.94. The number of benzene rings is 1. The molecule has 0 spiro atoms. The molecule has 1 amide bonds. The SMILES string of the molecule is Cc1ccnc(Nc2cc(N3CCN(C(=O)c4c(F)cccc4F)CC3)nc(C)n2)c1. The van der Waals surface area contributed by atoms with Crippen molar-refractivity contribution in [3.63, 3.8) is 0 Å². The zero-order valence-corrected chi connectivity index (χ0v) is 17.3. The summed E-state index contributed by atoms with van der Waals surface area (Å²) in [6.07, 6.45) is 1.72. The van der Waals surface area contributed by atoms with Gasteiger partial charge in [-0.15, -0.1) is 0 Å². The van der Waals surface area contributed by atoms with Gasteiger partial charge in [-0.1, -0.05) is 6.07 Å². The Labute approximate surface area is 178 Å². The Morgan fingerprint density at radius 2 is 1.68 bits per heavy atom. The van der Waals surface area contributed by atoms with Crippen LogP contribution in [0.4, 0.5) is 26.2 Å². The van der Waals surface area contributed by atoms with Crippen LogP contribution in [0.25, 0.3) is 0 Å². The number of piperazine rings is 1. The molecule has 3 heterocycles. The van der Waals surface area contributed by atoms with E-state index in [4.69, 9.17) is 0 Å². The lowest BCUT2D eigenvalue weighted by atomic mass is 10.1. The van der Waals surface area contributed by atoms with Crippen molar-refractivity contribution in [2.75, 3.05) is 36.4 Å². The van der Waals surface area contributed by atoms with Crippen LogP contribution in [-0.2, 0) is 0 Å². The van der Waals surface area contributed by atoms with Crippen molar-refractivity contribution in [1.82, 2.24) is 19.9 Å². The maximum atomic E-state index is 14.0. The summed E-state index contributed by atoms with van der Waals surface area (Å²) < 4.78 is 27.9. The summed E-state index contributed by atoms with van der Waals surface area (Å²) in [6, 6.07) is 9.08. The van der Waals surface area contributed by atoms with Gasteiger partial charge >= 0.3 is 0 Å². The van der Waals surface area contributed by atoms with Crippen molar-refractivity contribution >= 4 is 23.4 Å². The van der Waals surface area contributed by atoms with Crippen molar-refractivity contribution < 1.29 is 13.6 Å². The molecule has 9 heteroatoms. The van der Waals surface area contributed by atoms with Crippen LogP contribution < -0.4 is 10.2 Å². The first kappa shape index (κ1) is 20.6. The lowest BCUT2D eigenvalue weighted by Crippen LogP contribution is -2.49. The number of anilines is 3. The largest absolute Gasteiger partial charge is 0.353 e. The van der Waals surface area contributed by atoms with Gasteiger partial charge < -0.3 is 15.1 Å². The second kappa shape index (κ2) is 8.63. The second-order valence-electron chi connectivity index (χ2n) is 7.38. The highest BCUT2D eigenvalue weighted by molar-refractivity contribution is 5.95. The molecular weight excluding hydrogens is 402 g/mol. The van der Waals surface area contributed by atoms with Gasteiger partial charge in [0.05, 0.1) is 0 Å². The van der Waals surface area contributed by atoms with Gasteiger partial charge in [0, 0.05) is 38.4 Å². The van der Waals surface area contributed by atoms with E-state index in [0.29, 0.717) is 49.5 Å². The standard InChI is InChI=1S/C22H22F2N6O/c1-14-6-7-25-18(12-14)28-19-13-20(27-15(2)26-19)29-8-10-30(11-9-29)22(31)21-16(23)4-3-5-17(21)24/h3-7,12-13H,8-11H2,1-2H3,(H,25,26,27,28). The molecule has 1 fully saturated rings. The summed E-state index contributed by atoms with van der Waals surface area (Å²) in [4.78, 5) is 29.3. The van der Waals surface area contributed by atoms with E-state index in [1.54, 1.807) is 13.1 Å². The molecule has 0 saturated carbocycles. The number of halogens is 2. The van der Waals surface area contributed by atoms with Gasteiger partial charge in [0.1, 0.15) is 40.5 Å². The zero-order chi connectivity index (χ0) is 22.0. The number of aryl methyl sites for hydroxylation is 2. The molecule has 1 aliphatic heterocycles. The number of hydrogen-bond donors (Lipinski definition) is 1. The first-order chi connectivity index (χ1) is 14.9. The summed E-state index contributed by atoms with van der Waals surface area (Å²) in [7, 11) is 0. The molecule has 0 radical (unpaired) electrons. The Balaban J connectivity index is 1.46. The van der Waals surface area contributed by atoms with Crippen LogP contribution in [-0.4, -0.2) is 51.9 Å². The molecule has 0 bridgehead atoms. The average Bonchev–Trinajstić information content (AvgIpc) is 2.73. The number of amides is 1. The molecule has 31 heavy (non-hydrogen) atoms. The topological polar surface area (TPSA) is 74.2 Å². The molecule has 4 rings (SSSR count). The highest BCUT2D eigenvalue weighted by atomic mass is 19.1. The summed E-state index contributed by atoms with van der Waals surface area (Å²) in [5.41, 5.74) is 0.571. The Morgan fingerprint density at radius 3 is 2.35 bits per heavy atom. The molecule has 7 nitrogen and oxygen atoms in total. The molecule has 2 aromatic heterocycles. The molecule has 1 saturated heterocycles. The van der Waals surface area contributed by atoms with Gasteiger partial charge in [0.15, 0.2) is 0 Å². The third-order valence-electron chi connectivity index (χ3n) is 5.06. The van der Waals surface area contributed by atoms with Crippen LogP contribution in [0.1, 0.15) is 21.7 Å². The van der Waals surface area contributed by atoms with Gasteiger partial charge in [0.25, 0.3) is 5.91 Å². The van der Waals surface area contributed by atoms with E-state index >= 15 is 0 Å². The number of rotatable bonds is 4. The Morgan fingerprint density at radius 1 is 0.968 bits per heavy atom. The predicted molar refractivity (Wildman–Crippen MR) is 114 cm³/mol. The van der Waals surface area contributed by atoms with Crippen LogP contribution in [0.2, 0.25) is 0 Å². The Kier molecular flexibility index (Phi) is 5.75. The molecule has 0 atom stereocenters. The minimum absolute atomic E-state index is 0.331. The van der Waals surface area contributed by atoms with Gasteiger partial charge in [-0.05, 0) is 43.7 Å². The van der Waals surface area contributed by atoms with Crippen LogP contribution in [0.3, 0.4) is 0 Å². The highest BCUT2D eigenvalue weighted by Crippen LogP contribution is 2.22. The molecule has 0 aliphatic carbocycles. The quantitative estimate of drug-likeness (QED) is 0.691. The smallest absolute Gasteiger partial charge is 0.259 e. The van der Waals surface area contributed by atoms with Crippen LogP contribution in [0.5, 0.6) is 0 Å². The third kappa shape index (κ3) is 4.60. The lowest BCUT2D eigenvalue weighted by Gasteiger charge is -2.35. The number of aromatic nitrogens is 3. The maximum absolute atomic E-state index is 14.0. The summed E-state index contributed by atoms with van der Waals surface area (Å²) in [6.45, 7) is 5.42. The van der Waals surface area contributed by atoms with E-state index in [1.165, 1.54) is 11.0 Å². The van der Waals surface area contributed by atoms with Gasteiger partial charge in [0.2, 0.25) is 0 Å². The van der Waals surface area contributed by atoms with E-state index in [0.717, 1.165) is 17.7 Å². The fourth-order valence-electron chi connectivity index (χ4n) is 3.51. The molecule has 0 unspecified atom stereocenters. The summed E-state index contributed by atoms with van der Waals surface area (Å²) >= 11 is 0. The van der Waals surface area contributed by atoms with Gasteiger partial charge in [-0.25, -0.2) is 23.7 Å². The van der Waals surface area contributed by atoms with E-state index in [1.807, 2.05) is 30.0 Å². The number of nitrogens with zero attached hydrogens (tertiary/aromatic N) is 5. The number of nitrogens with one attached hydrogen (secondary N) is 1. The molecule has 1 N–H and O–H groups in total. The summed E-state index contributed by atoms with van der Waals surface area (Å²) in [5, 5.41) is 3.19. The molecule has 1 aliphatic rings. The van der Waals surface area contributed by atoms with Crippen LogP contribution in [0.15, 0.2) is 42.6 Å². The summed E-state index contributed by atoms with van der Waals surface area (Å²) in [5.74, 6) is 0.283. The fraction of sp³-hybridized carbons (Fsp3) is 0.273. The van der Waals surface area contributed by atoms with E-state index in [2.05, 4.69) is 20.3 Å². The third-order valence-corrected chi connectivity index (χ3v) is 5.06. The highest BCUT2D eigenvalue weighted by Gasteiger charge is 2.27. The number of carbonyl (C=O) groups is 1. The van der Waals surface area contributed by atoms with E-state index in [-0.39, 0.29) is 0 Å². The van der Waals surface area contributed by atoms with Crippen LogP contribution in [0, 0.1) is 25.5 Å². The Bertz CT molecular complexity index is 1090. The fourth-order valence-corrected chi connectivity index (χ4v) is 3.51. The minimum atomic E-state index is -0.848. The van der Waals surface area contributed by atoms with Gasteiger partial charge in [-0.2, -0.15) is 0 Å². The Hall–Kier alpha value is -3.62. The molecule has 160 valence electrons. The van der Waals surface area contributed by atoms with Crippen molar-refractivity contribution in [3.05, 3.63) is 71.2 Å². The van der Waals surface area contributed by atoms with Crippen LogP contribution >= 0.6 is 0 Å². The van der Waals surface area contributed by atoms with Crippen molar-refractivity contribution in [2.45, 2.75) is 13.8 Å². The van der Waals surface area contributed by atoms with Crippen molar-refractivity contribution in [2.24, 2.45) is 0 Å². The van der Waals surface area contributed by atoms with Crippen molar-refractivity contribution in [1.29, 1.82) is 0 Å². The monoisotopic (exact) mass is 424 g/mol. The first-order valence-electron chi connectivity index (χ1n) is 9.94. The molecule has 3 aromatic rings. The average molecular weight is 424 g/mol. The number of carbonyl (C=O) groups excluding carboxylic acids is 1. The molecular formula is C22H22F2N6O. The number of pyridine rings is 1. The minimum Gasteiger partial charge on any atom is -0.353 e. The van der Waals surface area contributed by atoms with E-state index in [9.17, 15) is 13.6 Å². The van der Waals surface area contributed by atoms with Gasteiger partial charge in [-0.3, -0.25) is 4.79 Å².